The van der Waals surface area contributed by atoms with Gasteiger partial charge in [-0.3, -0.25) is 9.32 Å². The lowest BCUT2D eigenvalue weighted by Crippen LogP contribution is -2.09. The first-order valence-electron chi connectivity index (χ1n) is 4.39. The molecule has 0 bridgehead atoms. The van der Waals surface area contributed by atoms with E-state index in [9.17, 15) is 9.36 Å². The van der Waals surface area contributed by atoms with Crippen molar-refractivity contribution in [1.82, 2.24) is 0 Å². The summed E-state index contributed by atoms with van der Waals surface area (Å²) in [4.78, 5) is 27.9. The zero-order valence-electron chi connectivity index (χ0n) is 8.18. The lowest BCUT2D eigenvalue weighted by molar-refractivity contribution is -0.139. The Bertz CT molecular complexity index is 398. The van der Waals surface area contributed by atoms with Crippen LogP contribution in [0, 0.1) is 0 Å². The van der Waals surface area contributed by atoms with Gasteiger partial charge in [0, 0.05) is 0 Å². The molecule has 0 saturated carbocycles. The van der Waals surface area contributed by atoms with Crippen LogP contribution in [0.3, 0.4) is 0 Å². The second-order valence-electron chi connectivity index (χ2n) is 3.09. The molecule has 7 heteroatoms. The van der Waals surface area contributed by atoms with Crippen LogP contribution in [0.5, 0.6) is 0 Å². The van der Waals surface area contributed by atoms with Gasteiger partial charge in [0.2, 0.25) is 0 Å². The third-order valence-electron chi connectivity index (χ3n) is 1.80. The average Bonchev–Trinajstić information content (AvgIpc) is 2.15. The molecule has 0 amide bonds. The first-order chi connectivity index (χ1) is 7.38. The predicted octanol–water partition coefficient (Wildman–Crippen LogP) is 1.31. The van der Waals surface area contributed by atoms with Crippen LogP contribution in [-0.2, 0) is 13.9 Å². The molecule has 1 aromatic carbocycles. The van der Waals surface area contributed by atoms with Crippen LogP contribution in [-0.4, -0.2) is 20.9 Å². The van der Waals surface area contributed by atoms with E-state index >= 15 is 0 Å². The van der Waals surface area contributed by atoms with Crippen molar-refractivity contribution in [3.8, 4) is 0 Å². The molecule has 3 N–H and O–H groups in total. The Balaban J connectivity index is 2.88. The van der Waals surface area contributed by atoms with Gasteiger partial charge in [0.15, 0.2) is 0 Å². The number of hydrogen-bond donors (Lipinski definition) is 3. The fourth-order valence-corrected chi connectivity index (χ4v) is 1.74. The quantitative estimate of drug-likeness (QED) is 0.676. The lowest BCUT2D eigenvalue weighted by Gasteiger charge is -2.16. The summed E-state index contributed by atoms with van der Waals surface area (Å²) in [5.41, 5.74) is 0.410. The van der Waals surface area contributed by atoms with E-state index in [-0.39, 0.29) is 0 Å². The van der Waals surface area contributed by atoms with Gasteiger partial charge in [-0.15, -0.1) is 0 Å². The molecule has 0 aliphatic heterocycles. The predicted molar refractivity (Wildman–Crippen MR) is 54.6 cm³/mol. The Hall–Kier alpha value is -1.20. The van der Waals surface area contributed by atoms with Crippen molar-refractivity contribution in [1.29, 1.82) is 0 Å². The number of carbonyl (C=O) groups is 1. The van der Waals surface area contributed by atoms with Gasteiger partial charge in [-0.25, -0.2) is 4.57 Å². The summed E-state index contributed by atoms with van der Waals surface area (Å²) in [6.07, 6.45) is -1.66. The summed E-state index contributed by atoms with van der Waals surface area (Å²) in [5, 5.41) is 8.61. The molecule has 0 heterocycles. The van der Waals surface area contributed by atoms with Crippen LogP contribution in [0.25, 0.3) is 0 Å². The van der Waals surface area contributed by atoms with Crippen molar-refractivity contribution in [3.63, 3.8) is 0 Å². The minimum Gasteiger partial charge on any atom is -0.481 e. The Morgan fingerprint density at radius 1 is 1.31 bits per heavy atom. The maximum atomic E-state index is 10.7. The third-order valence-corrected chi connectivity index (χ3v) is 2.33. The average molecular weight is 246 g/mol. The zero-order valence-corrected chi connectivity index (χ0v) is 9.08. The van der Waals surface area contributed by atoms with E-state index in [2.05, 4.69) is 4.52 Å². The number of hydrogen-bond acceptors (Lipinski definition) is 3. The van der Waals surface area contributed by atoms with E-state index in [0.717, 1.165) is 0 Å². The minimum atomic E-state index is -4.71. The molecule has 0 saturated heterocycles. The zero-order chi connectivity index (χ0) is 12.2. The highest BCUT2D eigenvalue weighted by Gasteiger charge is 2.25. The Morgan fingerprint density at radius 3 is 2.31 bits per heavy atom. The number of carboxylic acid groups (broad SMARTS) is 1. The van der Waals surface area contributed by atoms with Crippen LogP contribution < -0.4 is 0 Å². The molecule has 6 nitrogen and oxygen atoms in total. The number of carboxylic acids is 1. The molecule has 16 heavy (non-hydrogen) atoms. The molecule has 1 aromatic rings. The first-order valence-corrected chi connectivity index (χ1v) is 5.92. The van der Waals surface area contributed by atoms with E-state index in [1.54, 1.807) is 30.3 Å². The molecule has 0 fully saturated rings. The highest BCUT2D eigenvalue weighted by atomic mass is 31.2. The van der Waals surface area contributed by atoms with Crippen molar-refractivity contribution in [2.24, 2.45) is 0 Å². The van der Waals surface area contributed by atoms with Gasteiger partial charge in [-0.2, -0.15) is 0 Å². The summed E-state index contributed by atoms with van der Waals surface area (Å²) >= 11 is 0. The van der Waals surface area contributed by atoms with Gasteiger partial charge in [0.1, 0.15) is 6.10 Å². The molecule has 1 atom stereocenters. The first kappa shape index (κ1) is 12.9. The molecule has 1 unspecified atom stereocenters. The van der Waals surface area contributed by atoms with Crippen LogP contribution in [0.4, 0.5) is 0 Å². The molecule has 0 aliphatic carbocycles. The van der Waals surface area contributed by atoms with Gasteiger partial charge >= 0.3 is 13.8 Å². The Morgan fingerprint density at radius 2 is 1.88 bits per heavy atom. The lowest BCUT2D eigenvalue weighted by atomic mass is 10.1. The van der Waals surface area contributed by atoms with Crippen LogP contribution >= 0.6 is 7.82 Å². The van der Waals surface area contributed by atoms with Gasteiger partial charge in [0.25, 0.3) is 0 Å². The summed E-state index contributed by atoms with van der Waals surface area (Å²) < 4.78 is 15.1. The number of aliphatic carboxylic acids is 1. The molecular weight excluding hydrogens is 235 g/mol. The Labute approximate surface area is 91.7 Å². The topological polar surface area (TPSA) is 104 Å². The molecule has 0 aromatic heterocycles. The van der Waals surface area contributed by atoms with Crippen LogP contribution in [0.15, 0.2) is 30.3 Å². The van der Waals surface area contributed by atoms with E-state index in [0.29, 0.717) is 5.56 Å². The molecule has 1 rings (SSSR count). The van der Waals surface area contributed by atoms with Gasteiger partial charge < -0.3 is 14.9 Å². The number of phosphoric acid groups is 1. The SMILES string of the molecule is O=C(O)CC(OP(=O)(O)O)c1ccccc1. The summed E-state index contributed by atoms with van der Waals surface area (Å²) in [6.45, 7) is 0. The normalized spacial score (nSPS) is 13.4. The summed E-state index contributed by atoms with van der Waals surface area (Å²) in [7, 11) is -4.71. The van der Waals surface area contributed by atoms with Crippen molar-refractivity contribution >= 4 is 13.8 Å². The minimum absolute atomic E-state index is 0.410. The summed E-state index contributed by atoms with van der Waals surface area (Å²) in [6, 6.07) is 8.06. The largest absolute Gasteiger partial charge is 0.481 e. The highest BCUT2D eigenvalue weighted by molar-refractivity contribution is 7.46. The second-order valence-corrected chi connectivity index (χ2v) is 4.29. The van der Waals surface area contributed by atoms with Gasteiger partial charge in [-0.05, 0) is 5.56 Å². The molecule has 0 aliphatic rings. The number of phosphoric ester groups is 1. The van der Waals surface area contributed by atoms with Crippen molar-refractivity contribution in [2.45, 2.75) is 12.5 Å². The maximum absolute atomic E-state index is 10.7. The van der Waals surface area contributed by atoms with E-state index in [1.165, 1.54) is 0 Å². The van der Waals surface area contributed by atoms with Crippen LogP contribution in [0.1, 0.15) is 18.1 Å². The Kier molecular flexibility index (Phi) is 4.20. The smallest absolute Gasteiger partial charge is 0.470 e. The standard InChI is InChI=1S/C9H11O6P/c10-9(11)6-8(15-16(12,13)14)7-4-2-1-3-5-7/h1-5,8H,6H2,(H,10,11)(H2,12,13,14). The van der Waals surface area contributed by atoms with Gasteiger partial charge in [-0.1, -0.05) is 30.3 Å². The fraction of sp³-hybridized carbons (Fsp3) is 0.222. The van der Waals surface area contributed by atoms with Crippen LogP contribution in [0.2, 0.25) is 0 Å². The number of rotatable bonds is 5. The van der Waals surface area contributed by atoms with Crippen molar-refractivity contribution < 1.29 is 28.8 Å². The molecular formula is C9H11O6P. The number of benzene rings is 1. The molecule has 0 spiro atoms. The molecule has 0 radical (unpaired) electrons. The third kappa shape index (κ3) is 4.55. The molecule has 88 valence electrons. The maximum Gasteiger partial charge on any atom is 0.470 e. The van der Waals surface area contributed by atoms with E-state index in [1.807, 2.05) is 0 Å². The fourth-order valence-electron chi connectivity index (χ4n) is 1.21. The van der Waals surface area contributed by atoms with E-state index in [4.69, 9.17) is 14.9 Å². The second kappa shape index (κ2) is 5.23. The monoisotopic (exact) mass is 246 g/mol. The highest BCUT2D eigenvalue weighted by Crippen LogP contribution is 2.43. The van der Waals surface area contributed by atoms with Crippen molar-refractivity contribution in [3.05, 3.63) is 35.9 Å². The summed E-state index contributed by atoms with van der Waals surface area (Å²) in [5.74, 6) is -1.19. The van der Waals surface area contributed by atoms with Gasteiger partial charge in [0.05, 0.1) is 6.42 Å². The van der Waals surface area contributed by atoms with Crippen molar-refractivity contribution in [2.75, 3.05) is 0 Å². The van der Waals surface area contributed by atoms with E-state index < -0.39 is 26.3 Å².